The zero-order valence-corrected chi connectivity index (χ0v) is 13.9. The highest BCUT2D eigenvalue weighted by Crippen LogP contribution is 2.46. The summed E-state index contributed by atoms with van der Waals surface area (Å²) in [7, 11) is 0. The summed E-state index contributed by atoms with van der Waals surface area (Å²) in [6, 6.07) is 7.17. The maximum atomic E-state index is 10.2. The normalized spacial score (nSPS) is 41.2. The SMILES string of the molecule is O[C@@H]1[C@H](Oc2c[nH]c3ccccc23)[C@@H](O)[C@@](O)(Br)[C@](O)(Cl)[C@@H]1O. The molecule has 1 fully saturated rings. The molecule has 6 N–H and O–H groups in total. The van der Waals surface area contributed by atoms with Crippen LogP contribution in [0.1, 0.15) is 0 Å². The topological polar surface area (TPSA) is 126 Å². The number of benzene rings is 1. The number of halogens is 2. The highest BCUT2D eigenvalue weighted by Gasteiger charge is 2.66. The predicted octanol–water partition coefficient (Wildman–Crippen LogP) is 0.0225. The lowest BCUT2D eigenvalue weighted by atomic mass is 9.84. The molecule has 1 aliphatic rings. The van der Waals surface area contributed by atoms with Crippen molar-refractivity contribution in [2.24, 2.45) is 0 Å². The number of H-pyrrole nitrogens is 1. The van der Waals surface area contributed by atoms with Crippen molar-refractivity contribution in [3.63, 3.8) is 0 Å². The molecule has 0 unspecified atom stereocenters. The van der Waals surface area contributed by atoms with E-state index in [2.05, 4.69) is 20.9 Å². The third-order valence-electron chi connectivity index (χ3n) is 4.06. The highest BCUT2D eigenvalue weighted by atomic mass is 79.9. The molecule has 1 heterocycles. The fourth-order valence-electron chi connectivity index (χ4n) is 2.65. The molecule has 1 saturated carbocycles. The van der Waals surface area contributed by atoms with Crippen LogP contribution < -0.4 is 4.74 Å². The van der Waals surface area contributed by atoms with Crippen LogP contribution in [-0.4, -0.2) is 64.5 Å². The number of aliphatic hydroxyl groups excluding tert-OH is 3. The number of fused-ring (bicyclic) bond motifs is 1. The molecule has 126 valence electrons. The summed E-state index contributed by atoms with van der Waals surface area (Å²) in [6.45, 7) is 0. The number of rotatable bonds is 2. The van der Waals surface area contributed by atoms with Crippen LogP contribution >= 0.6 is 27.5 Å². The van der Waals surface area contributed by atoms with Gasteiger partial charge < -0.3 is 35.3 Å². The predicted molar refractivity (Wildman–Crippen MR) is 85.4 cm³/mol. The van der Waals surface area contributed by atoms with E-state index in [0.717, 1.165) is 5.52 Å². The summed E-state index contributed by atoms with van der Waals surface area (Å²) in [5, 5.41) is 48.5. The van der Waals surface area contributed by atoms with Crippen molar-refractivity contribution >= 4 is 38.4 Å². The Bertz CT molecular complexity index is 720. The molecule has 7 nitrogen and oxygen atoms in total. The molecule has 23 heavy (non-hydrogen) atoms. The number of alkyl halides is 2. The lowest BCUT2D eigenvalue weighted by Crippen LogP contribution is -2.74. The second kappa shape index (κ2) is 5.59. The Morgan fingerprint density at radius 1 is 1.13 bits per heavy atom. The van der Waals surface area contributed by atoms with Gasteiger partial charge in [-0.25, -0.2) is 0 Å². The van der Waals surface area contributed by atoms with Crippen LogP contribution in [0.25, 0.3) is 10.9 Å². The Labute approximate surface area is 144 Å². The van der Waals surface area contributed by atoms with Crippen molar-refractivity contribution in [3.05, 3.63) is 30.5 Å². The first-order valence-electron chi connectivity index (χ1n) is 6.77. The van der Waals surface area contributed by atoms with E-state index in [-0.39, 0.29) is 0 Å². The van der Waals surface area contributed by atoms with Gasteiger partial charge in [-0.1, -0.05) is 23.7 Å². The summed E-state index contributed by atoms with van der Waals surface area (Å²) in [5.74, 6) is 0.305. The molecule has 0 radical (unpaired) electrons. The molecule has 3 rings (SSSR count). The van der Waals surface area contributed by atoms with Gasteiger partial charge in [0.2, 0.25) is 5.06 Å². The number of hydrogen-bond donors (Lipinski definition) is 6. The first-order valence-corrected chi connectivity index (χ1v) is 7.94. The van der Waals surface area contributed by atoms with Crippen molar-refractivity contribution in [3.8, 4) is 5.75 Å². The van der Waals surface area contributed by atoms with E-state index >= 15 is 0 Å². The smallest absolute Gasteiger partial charge is 0.209 e. The standard InChI is InChI=1S/C14H15BrClNO6/c15-13(21)12(20)10(9(18)11(19)14(13,16)22)23-8-5-17-7-4-2-1-3-6(7)8/h1-5,9-12,17-22H/t9-,10+,11-,12-,13+,14+/m1/s1. The molecule has 6 atom stereocenters. The van der Waals surface area contributed by atoms with E-state index in [9.17, 15) is 25.5 Å². The number of para-hydroxylation sites is 1. The van der Waals surface area contributed by atoms with Crippen molar-refractivity contribution in [2.75, 3.05) is 0 Å². The third kappa shape index (κ3) is 2.45. The first kappa shape index (κ1) is 17.0. The van der Waals surface area contributed by atoms with Crippen LogP contribution in [0, 0.1) is 0 Å². The number of aromatic amines is 1. The van der Waals surface area contributed by atoms with Gasteiger partial charge in [0, 0.05) is 17.1 Å². The minimum absolute atomic E-state index is 0.305. The highest BCUT2D eigenvalue weighted by molar-refractivity contribution is 9.10. The van der Waals surface area contributed by atoms with Gasteiger partial charge in [0.05, 0.1) is 0 Å². The van der Waals surface area contributed by atoms with Gasteiger partial charge in [-0.3, -0.25) is 0 Å². The minimum Gasteiger partial charge on any atom is -0.482 e. The van der Waals surface area contributed by atoms with E-state index in [1.807, 2.05) is 12.1 Å². The zero-order chi connectivity index (χ0) is 17.0. The molecule has 9 heteroatoms. The Morgan fingerprint density at radius 2 is 1.78 bits per heavy atom. The quantitative estimate of drug-likeness (QED) is 0.389. The van der Waals surface area contributed by atoms with Crippen LogP contribution in [-0.2, 0) is 0 Å². The summed E-state index contributed by atoms with van der Waals surface area (Å²) in [6.07, 6.45) is -5.44. The lowest BCUT2D eigenvalue weighted by Gasteiger charge is -2.50. The van der Waals surface area contributed by atoms with Crippen molar-refractivity contribution in [1.29, 1.82) is 0 Å². The molecular weight excluding hydrogens is 394 g/mol. The summed E-state index contributed by atoms with van der Waals surface area (Å²) in [4.78, 5) is 2.96. The monoisotopic (exact) mass is 407 g/mol. The van der Waals surface area contributed by atoms with Gasteiger partial charge >= 0.3 is 0 Å². The van der Waals surface area contributed by atoms with E-state index in [1.54, 1.807) is 12.1 Å². The molecule has 1 aliphatic carbocycles. The fourth-order valence-corrected chi connectivity index (χ4v) is 3.38. The maximum absolute atomic E-state index is 10.2. The van der Waals surface area contributed by atoms with Crippen molar-refractivity contribution in [2.45, 2.75) is 34.0 Å². The van der Waals surface area contributed by atoms with Crippen LogP contribution in [0.4, 0.5) is 0 Å². The van der Waals surface area contributed by atoms with Gasteiger partial charge in [-0.2, -0.15) is 0 Å². The molecule has 0 saturated heterocycles. The second-order valence-corrected chi connectivity index (χ2v) is 7.29. The number of hydrogen-bond acceptors (Lipinski definition) is 6. The van der Waals surface area contributed by atoms with E-state index < -0.39 is 34.0 Å². The largest absolute Gasteiger partial charge is 0.482 e. The molecule has 0 aliphatic heterocycles. The lowest BCUT2D eigenvalue weighted by molar-refractivity contribution is -0.243. The molecule has 2 aromatic rings. The van der Waals surface area contributed by atoms with Crippen LogP contribution in [0.2, 0.25) is 0 Å². The molecule has 0 bridgehead atoms. The Morgan fingerprint density at radius 3 is 2.48 bits per heavy atom. The number of aromatic nitrogens is 1. The zero-order valence-electron chi connectivity index (χ0n) is 11.6. The van der Waals surface area contributed by atoms with Crippen LogP contribution in [0.15, 0.2) is 30.5 Å². The van der Waals surface area contributed by atoms with Crippen molar-refractivity contribution in [1.82, 2.24) is 4.98 Å². The molecule has 0 spiro atoms. The van der Waals surface area contributed by atoms with E-state index in [4.69, 9.17) is 16.3 Å². The summed E-state index contributed by atoms with van der Waals surface area (Å²) < 4.78 is 3.09. The van der Waals surface area contributed by atoms with Crippen molar-refractivity contribution < 1.29 is 30.3 Å². The first-order chi connectivity index (χ1) is 10.7. The summed E-state index contributed by atoms with van der Waals surface area (Å²) in [5.41, 5.74) is 0.769. The van der Waals surface area contributed by atoms with E-state index in [1.165, 1.54) is 6.20 Å². The number of nitrogens with one attached hydrogen (secondary N) is 1. The maximum Gasteiger partial charge on any atom is 0.209 e. The van der Waals surface area contributed by atoms with E-state index in [0.29, 0.717) is 11.1 Å². The average molecular weight is 409 g/mol. The second-order valence-electron chi connectivity index (χ2n) is 5.51. The summed E-state index contributed by atoms with van der Waals surface area (Å²) >= 11 is 8.38. The Hall–Kier alpha value is -0.870. The Kier molecular flexibility index (Phi) is 4.13. The molecular formula is C14H15BrClNO6. The van der Waals surface area contributed by atoms with Gasteiger partial charge in [-0.05, 0) is 28.1 Å². The number of aliphatic hydroxyl groups is 5. The van der Waals surface area contributed by atoms with Crippen LogP contribution in [0.5, 0.6) is 5.75 Å². The number of ether oxygens (including phenoxy) is 1. The van der Waals surface area contributed by atoms with Crippen LogP contribution in [0.3, 0.4) is 0 Å². The fraction of sp³-hybridized carbons (Fsp3) is 0.429. The minimum atomic E-state index is -2.70. The van der Waals surface area contributed by atoms with Gasteiger partial charge in [0.15, 0.2) is 10.6 Å². The average Bonchev–Trinajstić information content (AvgIpc) is 2.92. The molecule has 0 amide bonds. The molecule has 1 aromatic carbocycles. The third-order valence-corrected chi connectivity index (χ3v) is 5.87. The van der Waals surface area contributed by atoms with Gasteiger partial charge in [-0.15, -0.1) is 0 Å². The van der Waals surface area contributed by atoms with Gasteiger partial charge in [0.25, 0.3) is 0 Å². The van der Waals surface area contributed by atoms with Gasteiger partial charge in [0.1, 0.15) is 24.1 Å². The Balaban J connectivity index is 1.96. The molecule has 1 aromatic heterocycles.